The highest BCUT2D eigenvalue weighted by molar-refractivity contribution is 6.19. The molecule has 0 atom stereocenters. The summed E-state index contributed by atoms with van der Waals surface area (Å²) < 4.78 is 0. The highest BCUT2D eigenvalue weighted by Gasteiger charge is 2.05. The van der Waals surface area contributed by atoms with Crippen LogP contribution in [0.2, 0.25) is 0 Å². The number of halogens is 1. The van der Waals surface area contributed by atoms with Crippen molar-refractivity contribution in [2.24, 2.45) is 0 Å². The van der Waals surface area contributed by atoms with Gasteiger partial charge in [0.1, 0.15) is 0 Å². The third-order valence-corrected chi connectivity index (χ3v) is 2.52. The second-order valence-electron chi connectivity index (χ2n) is 3.04. The van der Waals surface area contributed by atoms with Gasteiger partial charge in [-0.1, -0.05) is 18.2 Å². The first kappa shape index (κ1) is 8.45. The number of hydrogen-bond donors (Lipinski definition) is 1. The molecule has 1 heterocycles. The molecule has 1 aromatic heterocycles. The van der Waals surface area contributed by atoms with E-state index in [4.69, 9.17) is 11.6 Å². The zero-order valence-electron chi connectivity index (χ0n) is 7.42. The van der Waals surface area contributed by atoms with Crippen LogP contribution in [0.5, 0.6) is 0 Å². The molecule has 1 aromatic carbocycles. The largest absolute Gasteiger partial charge is 0.359 e. The summed E-state index contributed by atoms with van der Waals surface area (Å²) in [5.41, 5.74) is 2.29. The number of hydrogen-bond acceptors (Lipinski definition) is 1. The maximum atomic E-state index is 5.76. The molecule has 0 aliphatic carbocycles. The molecule has 0 aliphatic rings. The summed E-state index contributed by atoms with van der Waals surface area (Å²) in [7, 11) is 1.97. The fourth-order valence-corrected chi connectivity index (χ4v) is 1.57. The maximum Gasteiger partial charge on any atom is 0.0926 e. The van der Waals surface area contributed by atoms with Gasteiger partial charge in [0.2, 0.25) is 0 Å². The van der Waals surface area contributed by atoms with E-state index >= 15 is 0 Å². The van der Waals surface area contributed by atoms with Gasteiger partial charge in [-0.3, -0.25) is 0 Å². The summed E-state index contributed by atoms with van der Waals surface area (Å²) in [4.78, 5) is 5.20. The predicted molar refractivity (Wildman–Crippen MR) is 57.4 cm³/mol. The van der Waals surface area contributed by atoms with Crippen LogP contribution in [0.1, 0.15) is 0 Å². The van der Waals surface area contributed by atoms with Crippen molar-refractivity contribution >= 4 is 28.2 Å². The van der Waals surface area contributed by atoms with Crippen molar-refractivity contribution in [1.29, 1.82) is 0 Å². The second-order valence-corrected chi connectivity index (χ2v) is 3.28. The van der Waals surface area contributed by atoms with Gasteiger partial charge in [-0.2, -0.15) is 0 Å². The molecule has 2 rings (SSSR count). The number of fused-ring (bicyclic) bond motifs is 1. The Morgan fingerprint density at radius 2 is 2.15 bits per heavy atom. The minimum absolute atomic E-state index is 0.502. The number of aromatic nitrogens is 1. The number of H-pyrrole nitrogens is 1. The number of alkyl halides is 1. The average Bonchev–Trinajstić information content (AvgIpc) is 2.60. The Bertz CT molecular complexity index is 408. The Morgan fingerprint density at radius 3 is 2.92 bits per heavy atom. The van der Waals surface area contributed by atoms with Crippen LogP contribution in [0, 0.1) is 0 Å². The molecule has 0 saturated carbocycles. The SMILES string of the molecule is CN(CCl)c1c[nH]c2ccccc12. The first-order chi connectivity index (χ1) is 6.33. The number of rotatable bonds is 2. The lowest BCUT2D eigenvalue weighted by Crippen LogP contribution is -2.13. The molecular formula is C10H11ClN2. The van der Waals surface area contributed by atoms with E-state index < -0.39 is 0 Å². The van der Waals surface area contributed by atoms with Crippen molar-refractivity contribution in [3.8, 4) is 0 Å². The average molecular weight is 195 g/mol. The lowest BCUT2D eigenvalue weighted by Gasteiger charge is -2.13. The number of nitrogens with one attached hydrogen (secondary N) is 1. The summed E-state index contributed by atoms with van der Waals surface area (Å²) in [6.07, 6.45) is 1.98. The number of benzene rings is 1. The standard InChI is InChI=1S/C10H11ClN2/c1-13(7-11)10-6-12-9-5-3-2-4-8(9)10/h2-6,12H,7H2,1H3. The Morgan fingerprint density at radius 1 is 1.38 bits per heavy atom. The van der Waals surface area contributed by atoms with Crippen LogP contribution in [0.25, 0.3) is 10.9 Å². The van der Waals surface area contributed by atoms with Gasteiger partial charge in [0, 0.05) is 24.1 Å². The molecule has 13 heavy (non-hydrogen) atoms. The molecule has 0 saturated heterocycles. The summed E-state index contributed by atoms with van der Waals surface area (Å²) >= 11 is 5.76. The van der Waals surface area contributed by atoms with Crippen molar-refractivity contribution in [2.75, 3.05) is 18.0 Å². The van der Waals surface area contributed by atoms with E-state index in [9.17, 15) is 0 Å². The fraction of sp³-hybridized carbons (Fsp3) is 0.200. The van der Waals surface area contributed by atoms with Gasteiger partial charge in [0.25, 0.3) is 0 Å². The minimum atomic E-state index is 0.502. The van der Waals surface area contributed by atoms with Crippen molar-refractivity contribution in [3.05, 3.63) is 30.5 Å². The van der Waals surface area contributed by atoms with Gasteiger partial charge in [-0.15, -0.1) is 11.6 Å². The first-order valence-corrected chi connectivity index (χ1v) is 4.69. The van der Waals surface area contributed by atoms with Crippen molar-refractivity contribution in [2.45, 2.75) is 0 Å². The zero-order valence-corrected chi connectivity index (χ0v) is 8.17. The van der Waals surface area contributed by atoms with Crippen LogP contribution < -0.4 is 4.90 Å². The molecule has 0 fully saturated rings. The molecule has 3 heteroatoms. The Balaban J connectivity index is 2.57. The summed E-state index contributed by atoms with van der Waals surface area (Å²) in [6.45, 7) is 0. The summed E-state index contributed by atoms with van der Waals surface area (Å²) in [5.74, 6) is 0. The number of para-hydroxylation sites is 1. The van der Waals surface area contributed by atoms with Crippen molar-refractivity contribution in [3.63, 3.8) is 0 Å². The molecule has 0 spiro atoms. The molecule has 0 bridgehead atoms. The molecule has 0 aliphatic heterocycles. The van der Waals surface area contributed by atoms with Crippen LogP contribution in [-0.4, -0.2) is 18.0 Å². The minimum Gasteiger partial charge on any atom is -0.359 e. The van der Waals surface area contributed by atoms with E-state index in [1.807, 2.05) is 30.3 Å². The Kier molecular flexibility index (Phi) is 2.15. The van der Waals surface area contributed by atoms with Gasteiger partial charge >= 0.3 is 0 Å². The molecule has 0 radical (unpaired) electrons. The van der Waals surface area contributed by atoms with Crippen molar-refractivity contribution in [1.82, 2.24) is 4.98 Å². The molecule has 0 amide bonds. The highest BCUT2D eigenvalue weighted by atomic mass is 35.5. The molecule has 0 unspecified atom stereocenters. The van der Waals surface area contributed by atoms with E-state index in [1.54, 1.807) is 0 Å². The lowest BCUT2D eigenvalue weighted by atomic mass is 10.2. The van der Waals surface area contributed by atoms with Gasteiger partial charge in [0.15, 0.2) is 0 Å². The monoisotopic (exact) mass is 194 g/mol. The number of nitrogens with zero attached hydrogens (tertiary/aromatic N) is 1. The Hall–Kier alpha value is -1.15. The smallest absolute Gasteiger partial charge is 0.0926 e. The van der Waals surface area contributed by atoms with Crippen LogP contribution in [0.3, 0.4) is 0 Å². The van der Waals surface area contributed by atoms with Crippen LogP contribution >= 0.6 is 11.6 Å². The third-order valence-electron chi connectivity index (χ3n) is 2.16. The maximum absolute atomic E-state index is 5.76. The normalized spacial score (nSPS) is 10.6. The number of aromatic amines is 1. The van der Waals surface area contributed by atoms with Crippen LogP contribution in [0.4, 0.5) is 5.69 Å². The second kappa shape index (κ2) is 3.30. The molecular weight excluding hydrogens is 184 g/mol. The molecule has 2 aromatic rings. The quantitative estimate of drug-likeness (QED) is 0.576. The fourth-order valence-electron chi connectivity index (χ4n) is 1.44. The Labute approximate surface area is 82.1 Å². The van der Waals surface area contributed by atoms with Gasteiger partial charge < -0.3 is 9.88 Å². The van der Waals surface area contributed by atoms with E-state index in [0.717, 1.165) is 11.2 Å². The van der Waals surface area contributed by atoms with Crippen LogP contribution in [-0.2, 0) is 0 Å². The zero-order chi connectivity index (χ0) is 9.26. The van der Waals surface area contributed by atoms with E-state index in [-0.39, 0.29) is 0 Å². The molecule has 2 nitrogen and oxygen atoms in total. The van der Waals surface area contributed by atoms with E-state index in [2.05, 4.69) is 17.1 Å². The summed E-state index contributed by atoms with van der Waals surface area (Å²) in [6, 6.07) is 8.69. The molecule has 68 valence electrons. The first-order valence-electron chi connectivity index (χ1n) is 4.16. The number of anilines is 1. The van der Waals surface area contributed by atoms with Gasteiger partial charge in [-0.25, -0.2) is 0 Å². The molecule has 1 N–H and O–H groups in total. The topological polar surface area (TPSA) is 19.0 Å². The van der Waals surface area contributed by atoms with Crippen molar-refractivity contribution < 1.29 is 0 Å². The predicted octanol–water partition coefficient (Wildman–Crippen LogP) is 2.80. The highest BCUT2D eigenvalue weighted by Crippen LogP contribution is 2.25. The summed E-state index contributed by atoms with van der Waals surface area (Å²) in [5, 5.41) is 1.21. The van der Waals surface area contributed by atoms with Crippen LogP contribution in [0.15, 0.2) is 30.5 Å². The van der Waals surface area contributed by atoms with E-state index in [0.29, 0.717) is 6.00 Å². The van der Waals surface area contributed by atoms with Gasteiger partial charge in [-0.05, 0) is 6.07 Å². The third kappa shape index (κ3) is 1.38. The van der Waals surface area contributed by atoms with Gasteiger partial charge in [0.05, 0.1) is 11.7 Å². The lowest BCUT2D eigenvalue weighted by molar-refractivity contribution is 1.10. The van der Waals surface area contributed by atoms with E-state index in [1.165, 1.54) is 5.39 Å².